The Morgan fingerprint density at radius 3 is 2.64 bits per heavy atom. The number of hydrogen-bond donors (Lipinski definition) is 0. The standard InChI is InChI=1S/C11H11FIN/c1-3-11(2,7-14)8-4-5-10(13)9(12)6-8/h4-6H,3H2,1-2H3. The second-order valence-electron chi connectivity index (χ2n) is 3.43. The van der Waals surface area contributed by atoms with Gasteiger partial charge in [-0.15, -0.1) is 0 Å². The number of halogens is 2. The number of rotatable bonds is 2. The van der Waals surface area contributed by atoms with Crippen molar-refractivity contribution in [1.29, 1.82) is 5.26 Å². The first-order valence-electron chi connectivity index (χ1n) is 4.40. The maximum Gasteiger partial charge on any atom is 0.136 e. The second kappa shape index (κ2) is 4.26. The highest BCUT2D eigenvalue weighted by Gasteiger charge is 2.24. The van der Waals surface area contributed by atoms with E-state index in [4.69, 9.17) is 5.26 Å². The third-order valence-electron chi connectivity index (χ3n) is 2.51. The lowest BCUT2D eigenvalue weighted by Gasteiger charge is -2.19. The van der Waals surface area contributed by atoms with Crippen molar-refractivity contribution in [2.24, 2.45) is 0 Å². The molecule has 1 unspecified atom stereocenters. The minimum absolute atomic E-state index is 0.252. The predicted octanol–water partition coefficient (Wildman–Crippen LogP) is 3.62. The largest absolute Gasteiger partial charge is 0.206 e. The first-order valence-corrected chi connectivity index (χ1v) is 5.48. The van der Waals surface area contributed by atoms with Crippen molar-refractivity contribution >= 4 is 22.6 Å². The molecule has 0 radical (unpaired) electrons. The Balaban J connectivity index is 3.21. The second-order valence-corrected chi connectivity index (χ2v) is 4.59. The Bertz CT molecular complexity index is 383. The van der Waals surface area contributed by atoms with Gasteiger partial charge in [-0.05, 0) is 53.6 Å². The highest BCUT2D eigenvalue weighted by Crippen LogP contribution is 2.28. The van der Waals surface area contributed by atoms with Crippen LogP contribution in [0.1, 0.15) is 25.8 Å². The van der Waals surface area contributed by atoms with Gasteiger partial charge in [0, 0.05) is 3.57 Å². The van der Waals surface area contributed by atoms with Crippen molar-refractivity contribution in [2.75, 3.05) is 0 Å². The van der Waals surface area contributed by atoms with Gasteiger partial charge in [0.2, 0.25) is 0 Å². The predicted molar refractivity (Wildman–Crippen MR) is 62.4 cm³/mol. The summed E-state index contributed by atoms with van der Waals surface area (Å²) in [5, 5.41) is 9.02. The van der Waals surface area contributed by atoms with Crippen LogP contribution >= 0.6 is 22.6 Å². The Morgan fingerprint density at radius 1 is 1.57 bits per heavy atom. The summed E-state index contributed by atoms with van der Waals surface area (Å²) in [6.45, 7) is 3.76. The molecule has 0 aliphatic rings. The van der Waals surface area contributed by atoms with Gasteiger partial charge in [-0.2, -0.15) is 5.26 Å². The molecule has 1 atom stereocenters. The van der Waals surface area contributed by atoms with E-state index in [2.05, 4.69) is 6.07 Å². The summed E-state index contributed by atoms with van der Waals surface area (Å²) in [5.74, 6) is -0.252. The van der Waals surface area contributed by atoms with E-state index in [0.717, 1.165) is 5.56 Å². The molecule has 1 rings (SSSR count). The number of hydrogen-bond acceptors (Lipinski definition) is 1. The van der Waals surface area contributed by atoms with Crippen molar-refractivity contribution in [2.45, 2.75) is 25.7 Å². The molecule has 0 N–H and O–H groups in total. The summed E-state index contributed by atoms with van der Waals surface area (Å²) in [5.41, 5.74) is 0.172. The summed E-state index contributed by atoms with van der Waals surface area (Å²) in [6, 6.07) is 7.20. The SMILES string of the molecule is CCC(C)(C#N)c1ccc(I)c(F)c1. The van der Waals surface area contributed by atoms with Gasteiger partial charge < -0.3 is 0 Å². The molecule has 0 heterocycles. The number of benzene rings is 1. The fourth-order valence-corrected chi connectivity index (χ4v) is 1.52. The van der Waals surface area contributed by atoms with E-state index in [-0.39, 0.29) is 5.82 Å². The fraction of sp³-hybridized carbons (Fsp3) is 0.364. The molecule has 1 aromatic carbocycles. The molecule has 3 heteroatoms. The van der Waals surface area contributed by atoms with Crippen LogP contribution in [-0.2, 0) is 5.41 Å². The number of nitrogens with zero attached hydrogens (tertiary/aromatic N) is 1. The van der Waals surface area contributed by atoms with Gasteiger partial charge >= 0.3 is 0 Å². The van der Waals surface area contributed by atoms with Crippen LogP contribution in [-0.4, -0.2) is 0 Å². The fourth-order valence-electron chi connectivity index (χ4n) is 1.19. The molecular formula is C11H11FIN. The molecule has 14 heavy (non-hydrogen) atoms. The summed E-state index contributed by atoms with van der Waals surface area (Å²) >= 11 is 1.94. The lowest BCUT2D eigenvalue weighted by Crippen LogP contribution is -2.18. The maximum absolute atomic E-state index is 13.3. The van der Waals surface area contributed by atoms with Gasteiger partial charge in [-0.25, -0.2) is 4.39 Å². The molecule has 0 saturated carbocycles. The van der Waals surface area contributed by atoms with Crippen LogP contribution in [0, 0.1) is 20.7 Å². The van der Waals surface area contributed by atoms with Crippen LogP contribution in [0.25, 0.3) is 0 Å². The summed E-state index contributed by atoms with van der Waals surface area (Å²) in [6.07, 6.45) is 0.684. The zero-order valence-corrected chi connectivity index (χ0v) is 10.3. The normalized spacial score (nSPS) is 14.5. The van der Waals surface area contributed by atoms with Crippen molar-refractivity contribution in [1.82, 2.24) is 0 Å². The Kier molecular flexibility index (Phi) is 3.48. The molecule has 74 valence electrons. The molecule has 1 aromatic rings. The summed E-state index contributed by atoms with van der Waals surface area (Å²) in [7, 11) is 0. The molecular weight excluding hydrogens is 292 g/mol. The zero-order valence-electron chi connectivity index (χ0n) is 8.14. The van der Waals surface area contributed by atoms with E-state index in [9.17, 15) is 4.39 Å². The highest BCUT2D eigenvalue weighted by atomic mass is 127. The molecule has 0 amide bonds. The van der Waals surface area contributed by atoms with Crippen LogP contribution in [0.3, 0.4) is 0 Å². The van der Waals surface area contributed by atoms with Crippen molar-refractivity contribution < 1.29 is 4.39 Å². The van der Waals surface area contributed by atoms with Crippen LogP contribution in [0.4, 0.5) is 4.39 Å². The first kappa shape index (κ1) is 11.4. The molecule has 1 nitrogen and oxygen atoms in total. The van der Waals surface area contributed by atoms with Crippen LogP contribution in [0.15, 0.2) is 18.2 Å². The van der Waals surface area contributed by atoms with Crippen LogP contribution < -0.4 is 0 Å². The van der Waals surface area contributed by atoms with E-state index in [1.165, 1.54) is 6.07 Å². The average molecular weight is 303 g/mol. The van der Waals surface area contributed by atoms with E-state index in [1.54, 1.807) is 6.07 Å². The molecule has 0 aliphatic carbocycles. The third-order valence-corrected chi connectivity index (χ3v) is 3.39. The molecule has 0 bridgehead atoms. The van der Waals surface area contributed by atoms with Crippen molar-refractivity contribution in [3.05, 3.63) is 33.1 Å². The quantitative estimate of drug-likeness (QED) is 0.766. The van der Waals surface area contributed by atoms with Gasteiger partial charge in [0.15, 0.2) is 0 Å². The lowest BCUT2D eigenvalue weighted by molar-refractivity contribution is 0.569. The van der Waals surface area contributed by atoms with Crippen molar-refractivity contribution in [3.8, 4) is 6.07 Å². The van der Waals surface area contributed by atoms with Crippen LogP contribution in [0.2, 0.25) is 0 Å². The first-order chi connectivity index (χ1) is 6.53. The monoisotopic (exact) mass is 303 g/mol. The van der Waals surface area contributed by atoms with E-state index in [1.807, 2.05) is 42.5 Å². The Hall–Kier alpha value is -0.630. The minimum Gasteiger partial charge on any atom is -0.206 e. The third kappa shape index (κ3) is 2.06. The molecule has 0 aliphatic heterocycles. The Morgan fingerprint density at radius 2 is 2.21 bits per heavy atom. The van der Waals surface area contributed by atoms with E-state index < -0.39 is 5.41 Å². The lowest BCUT2D eigenvalue weighted by atomic mass is 9.82. The summed E-state index contributed by atoms with van der Waals surface area (Å²) in [4.78, 5) is 0. The Labute approximate surface area is 97.1 Å². The average Bonchev–Trinajstić information content (AvgIpc) is 2.21. The number of nitriles is 1. The molecule has 0 aromatic heterocycles. The maximum atomic E-state index is 13.3. The minimum atomic E-state index is -0.578. The van der Waals surface area contributed by atoms with E-state index >= 15 is 0 Å². The molecule has 0 saturated heterocycles. The molecule has 0 spiro atoms. The van der Waals surface area contributed by atoms with Crippen LogP contribution in [0.5, 0.6) is 0 Å². The van der Waals surface area contributed by atoms with Gasteiger partial charge in [0.25, 0.3) is 0 Å². The molecule has 0 fully saturated rings. The summed E-state index contributed by atoms with van der Waals surface area (Å²) < 4.78 is 13.9. The van der Waals surface area contributed by atoms with Gasteiger partial charge in [0.1, 0.15) is 5.82 Å². The zero-order chi connectivity index (χ0) is 10.8. The van der Waals surface area contributed by atoms with Gasteiger partial charge in [-0.3, -0.25) is 0 Å². The van der Waals surface area contributed by atoms with Crippen molar-refractivity contribution in [3.63, 3.8) is 0 Å². The van der Waals surface area contributed by atoms with E-state index in [0.29, 0.717) is 9.99 Å². The van der Waals surface area contributed by atoms with Gasteiger partial charge in [-0.1, -0.05) is 13.0 Å². The van der Waals surface area contributed by atoms with Gasteiger partial charge in [0.05, 0.1) is 11.5 Å². The highest BCUT2D eigenvalue weighted by molar-refractivity contribution is 14.1. The topological polar surface area (TPSA) is 23.8 Å². The smallest absolute Gasteiger partial charge is 0.136 e.